The van der Waals surface area contributed by atoms with Crippen LogP contribution in [0.5, 0.6) is 11.8 Å². The number of anilines is 2. The highest BCUT2D eigenvalue weighted by Crippen LogP contribution is 2.48. The van der Waals surface area contributed by atoms with E-state index in [1.807, 2.05) is 36.4 Å². The molecule has 15 nitrogen and oxygen atoms in total. The fraction of sp³-hybridized carbons (Fsp3) is 0.569. The number of carbonyl (C=O) groups is 3. The Hall–Kier alpha value is -6.19. The van der Waals surface area contributed by atoms with Crippen molar-refractivity contribution in [3.8, 4) is 34.5 Å². The molecular formula is C65H82FN9O6Si. The zero-order valence-corrected chi connectivity index (χ0v) is 50.2. The number of nitrogens with one attached hydrogen (secondary N) is 1. The van der Waals surface area contributed by atoms with Crippen LogP contribution in [0.3, 0.4) is 0 Å². The number of likely N-dealkylation sites (tertiary alicyclic amines) is 1. The van der Waals surface area contributed by atoms with Gasteiger partial charge in [0.25, 0.3) is 5.91 Å². The van der Waals surface area contributed by atoms with Gasteiger partial charge in [0.15, 0.2) is 12.6 Å². The number of methoxy groups -OCH3 is 1. The number of benzene rings is 3. The van der Waals surface area contributed by atoms with Crippen LogP contribution in [0.25, 0.3) is 32.9 Å². The first-order chi connectivity index (χ1) is 39.6. The lowest BCUT2D eigenvalue weighted by atomic mass is 9.94. The Balaban J connectivity index is 0.729. The Morgan fingerprint density at radius 1 is 0.817 bits per heavy atom. The minimum Gasteiger partial charge on any atom is -0.468 e. The Labute approximate surface area is 484 Å². The van der Waals surface area contributed by atoms with Gasteiger partial charge in [-0.3, -0.25) is 29.6 Å². The van der Waals surface area contributed by atoms with Crippen LogP contribution in [0.2, 0.25) is 16.6 Å². The predicted octanol–water partition coefficient (Wildman–Crippen LogP) is 10.2. The van der Waals surface area contributed by atoms with E-state index in [0.717, 1.165) is 119 Å². The van der Waals surface area contributed by atoms with Crippen LogP contribution in [0, 0.1) is 40.5 Å². The molecular weight excluding hydrogens is 1050 g/mol. The maximum atomic E-state index is 18.0. The predicted molar refractivity (Wildman–Crippen MR) is 321 cm³/mol. The van der Waals surface area contributed by atoms with E-state index >= 15 is 4.39 Å². The highest BCUT2D eigenvalue weighted by molar-refractivity contribution is 6.90. The third kappa shape index (κ3) is 11.1. The van der Waals surface area contributed by atoms with Gasteiger partial charge < -0.3 is 33.8 Å². The van der Waals surface area contributed by atoms with Crippen molar-refractivity contribution < 1.29 is 33.0 Å². The summed E-state index contributed by atoms with van der Waals surface area (Å²) in [7, 11) is -0.526. The molecule has 434 valence electrons. The van der Waals surface area contributed by atoms with E-state index in [1.165, 1.54) is 19.3 Å². The maximum Gasteiger partial charge on any atom is 0.319 e. The molecule has 4 saturated heterocycles. The first kappa shape index (κ1) is 56.3. The molecule has 0 radical (unpaired) electrons. The van der Waals surface area contributed by atoms with Gasteiger partial charge in [-0.15, -0.1) is 5.54 Å². The maximum absolute atomic E-state index is 18.0. The van der Waals surface area contributed by atoms with Crippen LogP contribution >= 0.6 is 0 Å². The van der Waals surface area contributed by atoms with Gasteiger partial charge in [0.1, 0.15) is 36.9 Å². The standard InChI is InChI=1S/C65H82FN9O6Si/c1-41(2)82(42(3)4,43(5)6)28-19-47-9-8-10-48-31-51(81-40-79-7)32-53(57(47)48)59-58(66)60-54(33-67-59)61(74-35-45-11-12-46(29-45)36-74)70-64(69-60)80-39-65(20-21-65)38-72-22-17-44(18-23-72)34-71-24-26-73(27-25-71)50-13-14-52-49(30-50)37-75(63(52)78)55-15-16-56(76)68-62(55)77/h8-10,13-14,30-33,41-46,55H,11-12,15-18,20-27,29,34-40H2,1-7H3,(H,68,76,77)/t45?,46?,55-/m0/s1. The van der Waals surface area contributed by atoms with Crippen LogP contribution in [-0.4, -0.2) is 147 Å². The number of aromatic nitrogens is 3. The summed E-state index contributed by atoms with van der Waals surface area (Å²) in [5.74, 6) is 5.45. The average molecular weight is 1130 g/mol. The lowest BCUT2D eigenvalue weighted by Gasteiger charge is -2.40. The molecule has 0 spiro atoms. The van der Waals surface area contributed by atoms with Crippen LogP contribution in [0.4, 0.5) is 15.9 Å². The van der Waals surface area contributed by atoms with E-state index in [2.05, 4.69) is 90.1 Å². The fourth-order valence-electron chi connectivity index (χ4n) is 15.3. The summed E-state index contributed by atoms with van der Waals surface area (Å²) in [6, 6.07) is 15.6. The lowest BCUT2D eigenvalue weighted by Crippen LogP contribution is -2.52. The Kier molecular flexibility index (Phi) is 15.9. The Morgan fingerprint density at radius 2 is 1.56 bits per heavy atom. The second kappa shape index (κ2) is 23.1. The van der Waals surface area contributed by atoms with Gasteiger partial charge in [-0.05, 0) is 146 Å². The highest BCUT2D eigenvalue weighted by Gasteiger charge is 2.46. The van der Waals surface area contributed by atoms with E-state index < -0.39 is 19.9 Å². The number of hydrogen-bond donors (Lipinski definition) is 1. The summed E-state index contributed by atoms with van der Waals surface area (Å²) in [6.07, 6.45) is 10.5. The van der Waals surface area contributed by atoms with Gasteiger partial charge in [-0.1, -0.05) is 59.6 Å². The first-order valence-corrected chi connectivity index (χ1v) is 32.7. The van der Waals surface area contributed by atoms with Gasteiger partial charge in [0, 0.05) is 112 Å². The number of rotatable bonds is 17. The van der Waals surface area contributed by atoms with E-state index in [1.54, 1.807) is 18.2 Å². The molecule has 17 heteroatoms. The summed E-state index contributed by atoms with van der Waals surface area (Å²) in [5, 5.41) is 4.71. The van der Waals surface area contributed by atoms with E-state index in [-0.39, 0.29) is 53.6 Å². The number of carbonyl (C=O) groups excluding carboxylic acids is 3. The zero-order chi connectivity index (χ0) is 57.0. The number of piperidine rings is 3. The SMILES string of the molecule is COCOc1cc(-c2ncc3c(N4CC5CCC(C5)C4)nc(OCC4(CN5CCC(CN6CCN(c7ccc8c(c7)CN([C@H]7CCC(=O)NC7=O)C8=O)CC6)CC5)CC4)nc3c2F)c2c(C#C[Si](C(C)C)(C(C)C)C(C)C)cccc2c1. The topological polar surface area (TPSA) is 146 Å². The number of halogens is 1. The second-order valence-electron chi connectivity index (χ2n) is 26.1. The average Bonchev–Trinajstić information content (AvgIpc) is 3.47. The monoisotopic (exact) mass is 1130 g/mol. The molecule has 2 aromatic heterocycles. The van der Waals surface area contributed by atoms with Crippen LogP contribution < -0.4 is 24.6 Å². The molecule has 3 amide bonds. The summed E-state index contributed by atoms with van der Waals surface area (Å²) < 4.78 is 36.1. The van der Waals surface area contributed by atoms with Crippen molar-refractivity contribution in [2.24, 2.45) is 23.2 Å². The molecule has 3 atom stereocenters. The van der Waals surface area contributed by atoms with E-state index in [4.69, 9.17) is 29.2 Å². The van der Waals surface area contributed by atoms with Gasteiger partial charge in [-0.2, -0.15) is 9.97 Å². The molecule has 5 aromatic rings. The van der Waals surface area contributed by atoms with Crippen molar-refractivity contribution in [1.29, 1.82) is 0 Å². The van der Waals surface area contributed by atoms with Crippen molar-refractivity contribution in [2.75, 3.05) is 95.8 Å². The Morgan fingerprint density at radius 3 is 2.26 bits per heavy atom. The van der Waals surface area contributed by atoms with Gasteiger partial charge >= 0.3 is 6.01 Å². The molecule has 5 aliphatic heterocycles. The second-order valence-corrected chi connectivity index (χ2v) is 31.7. The minimum atomic E-state index is -2.12. The summed E-state index contributed by atoms with van der Waals surface area (Å²) >= 11 is 0. The third-order valence-corrected chi connectivity index (χ3v) is 26.2. The first-order valence-electron chi connectivity index (χ1n) is 30.5. The molecule has 82 heavy (non-hydrogen) atoms. The molecule has 2 aliphatic carbocycles. The Bertz CT molecular complexity index is 3290. The highest BCUT2D eigenvalue weighted by atomic mass is 28.3. The summed E-state index contributed by atoms with van der Waals surface area (Å²) in [5.41, 5.74) is 9.82. The molecule has 6 fully saturated rings. The van der Waals surface area contributed by atoms with Crippen LogP contribution in [-0.2, 0) is 20.9 Å². The number of piperazine rings is 1. The van der Waals surface area contributed by atoms with Crippen molar-refractivity contribution in [3.63, 3.8) is 0 Å². The number of nitrogens with zero attached hydrogens (tertiary/aromatic N) is 8. The molecule has 2 unspecified atom stereocenters. The van der Waals surface area contributed by atoms with Gasteiger partial charge in [0.05, 0.1) is 12.0 Å². The normalized spacial score (nSPS) is 22.4. The van der Waals surface area contributed by atoms with Crippen LogP contribution in [0.1, 0.15) is 121 Å². The largest absolute Gasteiger partial charge is 0.468 e. The van der Waals surface area contributed by atoms with Crippen molar-refractivity contribution in [2.45, 2.75) is 129 Å². The molecule has 7 heterocycles. The molecule has 3 aromatic carbocycles. The van der Waals surface area contributed by atoms with Gasteiger partial charge in [-0.25, -0.2) is 4.39 Å². The van der Waals surface area contributed by atoms with Crippen molar-refractivity contribution >= 4 is 59.0 Å². The quantitative estimate of drug-likeness (QED) is 0.0408. The summed E-state index contributed by atoms with van der Waals surface area (Å²) in [4.78, 5) is 64.4. The fourth-order valence-corrected chi connectivity index (χ4v) is 20.5. The number of pyridine rings is 1. The van der Waals surface area contributed by atoms with Crippen LogP contribution in [0.15, 0.2) is 54.7 Å². The van der Waals surface area contributed by atoms with Gasteiger partial charge in [0.2, 0.25) is 11.8 Å². The van der Waals surface area contributed by atoms with Crippen molar-refractivity contribution in [1.82, 2.24) is 35.0 Å². The van der Waals surface area contributed by atoms with E-state index in [0.29, 0.717) is 82.0 Å². The molecule has 2 saturated carbocycles. The van der Waals surface area contributed by atoms with Crippen molar-refractivity contribution in [3.05, 3.63) is 77.2 Å². The summed E-state index contributed by atoms with van der Waals surface area (Å²) in [6.45, 7) is 24.5. The third-order valence-electron chi connectivity index (χ3n) is 19.9. The number of fused-ring (bicyclic) bond motifs is 5. The number of amides is 3. The van der Waals surface area contributed by atoms with E-state index in [9.17, 15) is 14.4 Å². The molecule has 7 aliphatic rings. The molecule has 12 rings (SSSR count). The lowest BCUT2D eigenvalue weighted by molar-refractivity contribution is -0.136. The number of imide groups is 1. The minimum absolute atomic E-state index is 0.00203. The molecule has 1 N–H and O–H groups in total. The number of hydrogen-bond acceptors (Lipinski definition) is 13. The molecule has 2 bridgehead atoms. The number of ether oxygens (including phenoxy) is 3. The zero-order valence-electron chi connectivity index (χ0n) is 49.2. The smallest absolute Gasteiger partial charge is 0.319 e.